The van der Waals surface area contributed by atoms with Crippen molar-refractivity contribution in [2.45, 2.75) is 19.1 Å². The summed E-state index contributed by atoms with van der Waals surface area (Å²) in [5, 5.41) is 11.7. The van der Waals surface area contributed by atoms with Crippen LogP contribution in [0.2, 0.25) is 5.02 Å². The fraction of sp³-hybridized carbons (Fsp3) is 0.273. The van der Waals surface area contributed by atoms with Gasteiger partial charge in [0.25, 0.3) is 5.22 Å². The Morgan fingerprint density at radius 3 is 2.66 bits per heavy atom. The number of benzene rings is 2. The highest BCUT2D eigenvalue weighted by Crippen LogP contribution is 2.24. The van der Waals surface area contributed by atoms with Crippen molar-refractivity contribution >= 4 is 52.7 Å². The quantitative estimate of drug-likeness (QED) is 0.240. The van der Waals surface area contributed by atoms with Gasteiger partial charge >= 0.3 is 5.97 Å². The second-order valence-electron chi connectivity index (χ2n) is 6.76. The normalized spacial score (nSPS) is 10.7. The molecule has 168 valence electrons. The number of anilines is 1. The van der Waals surface area contributed by atoms with Crippen molar-refractivity contribution in [3.05, 3.63) is 58.6 Å². The zero-order valence-corrected chi connectivity index (χ0v) is 20.0. The van der Waals surface area contributed by atoms with E-state index in [2.05, 4.69) is 15.5 Å². The Morgan fingerprint density at radius 1 is 1.09 bits per heavy atom. The Hall–Kier alpha value is -2.49. The SMILES string of the molecule is Cc1ccc(-c2nnc(SCC(=O)OCCSCC(=O)Nc3cccc(Cl)c3C)o2)cc1. The fourth-order valence-electron chi connectivity index (χ4n) is 2.55. The Labute approximate surface area is 199 Å². The first-order valence-electron chi connectivity index (χ1n) is 9.74. The predicted octanol–water partition coefficient (Wildman–Crippen LogP) is 5.01. The molecule has 0 aliphatic carbocycles. The molecule has 1 N–H and O–H groups in total. The monoisotopic (exact) mass is 491 g/mol. The van der Waals surface area contributed by atoms with E-state index in [-0.39, 0.29) is 30.0 Å². The van der Waals surface area contributed by atoms with Crippen LogP contribution in [0.1, 0.15) is 11.1 Å². The summed E-state index contributed by atoms with van der Waals surface area (Å²) in [5.41, 5.74) is 3.48. The third-order valence-corrected chi connectivity index (χ3v) is 6.41. The summed E-state index contributed by atoms with van der Waals surface area (Å²) in [7, 11) is 0. The molecule has 0 radical (unpaired) electrons. The third kappa shape index (κ3) is 7.29. The molecule has 0 saturated carbocycles. The average Bonchev–Trinajstić information content (AvgIpc) is 3.25. The zero-order chi connectivity index (χ0) is 22.9. The van der Waals surface area contributed by atoms with Gasteiger partial charge in [-0.05, 0) is 43.7 Å². The van der Waals surface area contributed by atoms with Gasteiger partial charge in [-0.1, -0.05) is 47.1 Å². The van der Waals surface area contributed by atoms with Gasteiger partial charge in [0.1, 0.15) is 12.4 Å². The Kier molecular flexibility index (Phi) is 9.01. The summed E-state index contributed by atoms with van der Waals surface area (Å²) in [5.74, 6) is 0.712. The van der Waals surface area contributed by atoms with E-state index in [1.807, 2.05) is 38.1 Å². The molecule has 10 heteroatoms. The largest absolute Gasteiger partial charge is 0.464 e. The second kappa shape index (κ2) is 11.9. The van der Waals surface area contributed by atoms with Crippen LogP contribution in [0.25, 0.3) is 11.5 Å². The van der Waals surface area contributed by atoms with E-state index in [0.29, 0.717) is 27.6 Å². The van der Waals surface area contributed by atoms with Gasteiger partial charge in [0, 0.05) is 22.0 Å². The topological polar surface area (TPSA) is 94.3 Å². The first-order valence-corrected chi connectivity index (χ1v) is 12.3. The molecule has 2 aromatic carbocycles. The zero-order valence-electron chi connectivity index (χ0n) is 17.6. The number of carbonyl (C=O) groups excluding carboxylic acids is 2. The van der Waals surface area contributed by atoms with Gasteiger partial charge in [0.15, 0.2) is 0 Å². The number of nitrogens with zero attached hydrogens (tertiary/aromatic N) is 2. The van der Waals surface area contributed by atoms with E-state index in [9.17, 15) is 9.59 Å². The van der Waals surface area contributed by atoms with E-state index in [1.165, 1.54) is 11.8 Å². The lowest BCUT2D eigenvalue weighted by Crippen LogP contribution is -2.16. The fourth-order valence-corrected chi connectivity index (χ4v) is 3.89. The summed E-state index contributed by atoms with van der Waals surface area (Å²) < 4.78 is 10.8. The van der Waals surface area contributed by atoms with Gasteiger partial charge in [-0.15, -0.1) is 22.0 Å². The molecular weight excluding hydrogens is 470 g/mol. The summed E-state index contributed by atoms with van der Waals surface area (Å²) in [6.45, 7) is 4.06. The van der Waals surface area contributed by atoms with Crippen molar-refractivity contribution in [3.63, 3.8) is 0 Å². The number of aromatic nitrogens is 2. The third-order valence-electron chi connectivity index (χ3n) is 4.28. The molecule has 0 bridgehead atoms. The maximum Gasteiger partial charge on any atom is 0.316 e. The van der Waals surface area contributed by atoms with Crippen LogP contribution in [0.3, 0.4) is 0 Å². The molecule has 3 aromatic rings. The number of carbonyl (C=O) groups is 2. The van der Waals surface area contributed by atoms with Crippen LogP contribution < -0.4 is 5.32 Å². The average molecular weight is 492 g/mol. The van der Waals surface area contributed by atoms with Crippen molar-refractivity contribution in [1.29, 1.82) is 0 Å². The molecule has 32 heavy (non-hydrogen) atoms. The van der Waals surface area contributed by atoms with Gasteiger partial charge in [0.05, 0.1) is 5.75 Å². The van der Waals surface area contributed by atoms with Gasteiger partial charge < -0.3 is 14.5 Å². The summed E-state index contributed by atoms with van der Waals surface area (Å²) in [6.07, 6.45) is 0. The van der Waals surface area contributed by atoms with Crippen LogP contribution in [-0.4, -0.2) is 45.9 Å². The standard InChI is InChI=1S/C22H22ClN3O4S2/c1-14-6-8-16(9-7-14)21-25-26-22(30-21)32-13-20(28)29-10-11-31-12-19(27)24-18-5-3-4-17(23)15(18)2/h3-9H,10-13H2,1-2H3,(H,24,27). The molecule has 0 unspecified atom stereocenters. The van der Waals surface area contributed by atoms with E-state index in [0.717, 1.165) is 28.5 Å². The van der Waals surface area contributed by atoms with Crippen LogP contribution in [0, 0.1) is 13.8 Å². The molecule has 0 fully saturated rings. The van der Waals surface area contributed by atoms with Gasteiger partial charge in [-0.3, -0.25) is 9.59 Å². The molecule has 0 aliphatic heterocycles. The summed E-state index contributed by atoms with van der Waals surface area (Å²) in [4.78, 5) is 23.9. The van der Waals surface area contributed by atoms with Crippen LogP contribution in [0.4, 0.5) is 5.69 Å². The van der Waals surface area contributed by atoms with Gasteiger partial charge in [-0.2, -0.15) is 0 Å². The maximum absolute atomic E-state index is 12.0. The number of ether oxygens (including phenoxy) is 1. The number of hydrogen-bond acceptors (Lipinski definition) is 8. The first-order chi connectivity index (χ1) is 15.4. The van der Waals surface area contributed by atoms with Gasteiger partial charge in [-0.25, -0.2) is 0 Å². The molecule has 7 nitrogen and oxygen atoms in total. The minimum Gasteiger partial charge on any atom is -0.464 e. The molecule has 0 saturated heterocycles. The van der Waals surface area contributed by atoms with Crippen molar-refractivity contribution < 1.29 is 18.7 Å². The van der Waals surface area contributed by atoms with Crippen LogP contribution in [0.5, 0.6) is 0 Å². The molecule has 1 amide bonds. The molecule has 0 atom stereocenters. The number of halogens is 1. The number of thioether (sulfide) groups is 2. The lowest BCUT2D eigenvalue weighted by molar-refractivity contribution is -0.139. The minimum atomic E-state index is -0.385. The van der Waals surface area contributed by atoms with Crippen LogP contribution in [0.15, 0.2) is 52.1 Å². The van der Waals surface area contributed by atoms with E-state index in [1.54, 1.807) is 18.2 Å². The van der Waals surface area contributed by atoms with Crippen molar-refractivity contribution in [2.75, 3.05) is 29.2 Å². The smallest absolute Gasteiger partial charge is 0.316 e. The first kappa shape index (κ1) is 24.2. The summed E-state index contributed by atoms with van der Waals surface area (Å²) in [6, 6.07) is 13.1. The number of nitrogens with one attached hydrogen (secondary N) is 1. The number of rotatable bonds is 10. The second-order valence-corrected chi connectivity index (χ2v) is 9.20. The molecule has 1 heterocycles. The van der Waals surface area contributed by atoms with Crippen LogP contribution >= 0.6 is 35.1 Å². The number of amides is 1. The Bertz CT molecular complexity index is 1070. The lowest BCUT2D eigenvalue weighted by atomic mass is 10.1. The van der Waals surface area contributed by atoms with E-state index >= 15 is 0 Å². The van der Waals surface area contributed by atoms with Gasteiger partial charge in [0.2, 0.25) is 11.8 Å². The van der Waals surface area contributed by atoms with E-state index in [4.69, 9.17) is 20.8 Å². The molecule has 1 aromatic heterocycles. The van der Waals surface area contributed by atoms with Crippen LogP contribution in [-0.2, 0) is 14.3 Å². The van der Waals surface area contributed by atoms with Crippen molar-refractivity contribution in [2.24, 2.45) is 0 Å². The minimum absolute atomic E-state index is 0.0642. The Balaban J connectivity index is 1.31. The summed E-state index contributed by atoms with van der Waals surface area (Å²) >= 11 is 8.55. The van der Waals surface area contributed by atoms with Crippen molar-refractivity contribution in [1.82, 2.24) is 10.2 Å². The lowest BCUT2D eigenvalue weighted by Gasteiger charge is -2.09. The Morgan fingerprint density at radius 2 is 1.88 bits per heavy atom. The predicted molar refractivity (Wildman–Crippen MR) is 128 cm³/mol. The maximum atomic E-state index is 12.0. The number of esters is 1. The van der Waals surface area contributed by atoms with Crippen molar-refractivity contribution in [3.8, 4) is 11.5 Å². The molecule has 0 spiro atoms. The molecular formula is C22H22ClN3O4S2. The number of aryl methyl sites for hydroxylation is 1. The highest BCUT2D eigenvalue weighted by molar-refractivity contribution is 8.00. The highest BCUT2D eigenvalue weighted by Gasteiger charge is 2.12. The molecule has 3 rings (SSSR count). The molecule has 0 aliphatic rings. The highest BCUT2D eigenvalue weighted by atomic mass is 35.5. The number of hydrogen-bond donors (Lipinski definition) is 1. The van der Waals surface area contributed by atoms with E-state index < -0.39 is 0 Å².